The maximum absolute atomic E-state index is 8.71. The standard InChI is InChI=1S/C15H26O/c1-13(2)7-5-8-14(3)9-6-10-15(4)11-12-16/h6-7,9,11,14,16H,5,8,10,12H2,1-4H3. The summed E-state index contributed by atoms with van der Waals surface area (Å²) in [5, 5.41) is 8.71. The van der Waals surface area contributed by atoms with Crippen molar-refractivity contribution in [3.8, 4) is 0 Å². The van der Waals surface area contributed by atoms with Gasteiger partial charge in [-0.05, 0) is 46.0 Å². The van der Waals surface area contributed by atoms with Crippen LogP contribution in [0.3, 0.4) is 0 Å². The maximum atomic E-state index is 8.71. The number of aliphatic hydroxyl groups is 1. The molecule has 0 spiro atoms. The van der Waals surface area contributed by atoms with E-state index in [9.17, 15) is 0 Å². The highest BCUT2D eigenvalue weighted by atomic mass is 16.2. The molecule has 0 aromatic heterocycles. The molecule has 0 aliphatic rings. The van der Waals surface area contributed by atoms with Crippen molar-refractivity contribution in [3.63, 3.8) is 0 Å². The van der Waals surface area contributed by atoms with Gasteiger partial charge in [0.1, 0.15) is 0 Å². The van der Waals surface area contributed by atoms with Crippen molar-refractivity contribution in [2.75, 3.05) is 6.61 Å². The van der Waals surface area contributed by atoms with E-state index in [4.69, 9.17) is 5.11 Å². The molecule has 16 heavy (non-hydrogen) atoms. The zero-order valence-corrected chi connectivity index (χ0v) is 11.2. The lowest BCUT2D eigenvalue weighted by Gasteiger charge is -2.03. The van der Waals surface area contributed by atoms with Gasteiger partial charge in [-0.15, -0.1) is 0 Å². The zero-order chi connectivity index (χ0) is 12.4. The van der Waals surface area contributed by atoms with Crippen molar-refractivity contribution in [3.05, 3.63) is 35.5 Å². The van der Waals surface area contributed by atoms with Gasteiger partial charge in [0, 0.05) is 0 Å². The molecule has 0 rings (SSSR count). The molecule has 0 bridgehead atoms. The smallest absolute Gasteiger partial charge is 0.0615 e. The van der Waals surface area contributed by atoms with E-state index in [1.165, 1.54) is 24.0 Å². The van der Waals surface area contributed by atoms with E-state index in [0.29, 0.717) is 5.92 Å². The molecule has 0 aromatic carbocycles. The Hall–Kier alpha value is -0.820. The van der Waals surface area contributed by atoms with Crippen LogP contribution in [0, 0.1) is 5.92 Å². The third-order valence-electron chi connectivity index (χ3n) is 2.52. The fourth-order valence-corrected chi connectivity index (χ4v) is 1.46. The van der Waals surface area contributed by atoms with Crippen LogP contribution in [0.4, 0.5) is 0 Å². The number of hydrogen-bond donors (Lipinski definition) is 1. The fraction of sp³-hybridized carbons (Fsp3) is 0.600. The lowest BCUT2D eigenvalue weighted by atomic mass is 10.0. The third kappa shape index (κ3) is 9.72. The van der Waals surface area contributed by atoms with Crippen LogP contribution in [0.2, 0.25) is 0 Å². The van der Waals surface area contributed by atoms with Crippen molar-refractivity contribution >= 4 is 0 Å². The van der Waals surface area contributed by atoms with Gasteiger partial charge < -0.3 is 5.11 Å². The van der Waals surface area contributed by atoms with Crippen LogP contribution >= 0.6 is 0 Å². The summed E-state index contributed by atoms with van der Waals surface area (Å²) in [6.45, 7) is 8.73. The first-order valence-electron chi connectivity index (χ1n) is 6.12. The molecule has 0 aromatic rings. The van der Waals surface area contributed by atoms with E-state index in [0.717, 1.165) is 6.42 Å². The van der Waals surface area contributed by atoms with Gasteiger partial charge in [0.25, 0.3) is 0 Å². The highest BCUT2D eigenvalue weighted by Crippen LogP contribution is 2.10. The summed E-state index contributed by atoms with van der Waals surface area (Å²) in [6, 6.07) is 0. The largest absolute Gasteiger partial charge is 0.392 e. The first kappa shape index (κ1) is 15.2. The monoisotopic (exact) mass is 222 g/mol. The summed E-state index contributed by atoms with van der Waals surface area (Å²) in [5.41, 5.74) is 2.63. The average Bonchev–Trinajstić information content (AvgIpc) is 2.17. The Labute approximate surface area is 101 Å². The first-order valence-corrected chi connectivity index (χ1v) is 6.12. The Morgan fingerprint density at radius 1 is 1.19 bits per heavy atom. The first-order chi connectivity index (χ1) is 7.56. The normalized spacial score (nSPS) is 14.2. The highest BCUT2D eigenvalue weighted by molar-refractivity contribution is 5.05. The van der Waals surface area contributed by atoms with Gasteiger partial charge in [0.15, 0.2) is 0 Å². The third-order valence-corrected chi connectivity index (χ3v) is 2.52. The van der Waals surface area contributed by atoms with Crippen LogP contribution in [-0.4, -0.2) is 11.7 Å². The average molecular weight is 222 g/mol. The van der Waals surface area contributed by atoms with Gasteiger partial charge in [-0.3, -0.25) is 0 Å². The van der Waals surface area contributed by atoms with Crippen LogP contribution in [-0.2, 0) is 0 Å². The van der Waals surface area contributed by atoms with Crippen LogP contribution in [0.15, 0.2) is 35.5 Å². The van der Waals surface area contributed by atoms with Crippen molar-refractivity contribution in [2.45, 2.75) is 47.0 Å². The molecule has 0 fully saturated rings. The lowest BCUT2D eigenvalue weighted by molar-refractivity contribution is 0.341. The molecule has 0 amide bonds. The summed E-state index contributed by atoms with van der Waals surface area (Å²) >= 11 is 0. The zero-order valence-electron chi connectivity index (χ0n) is 11.2. The Morgan fingerprint density at radius 2 is 1.88 bits per heavy atom. The van der Waals surface area contributed by atoms with Crippen molar-refractivity contribution in [1.82, 2.24) is 0 Å². The van der Waals surface area contributed by atoms with E-state index in [1.54, 1.807) is 0 Å². The second-order valence-electron chi connectivity index (χ2n) is 4.70. The molecule has 92 valence electrons. The van der Waals surface area contributed by atoms with Gasteiger partial charge in [0.2, 0.25) is 0 Å². The summed E-state index contributed by atoms with van der Waals surface area (Å²) < 4.78 is 0. The molecular formula is C15H26O. The molecule has 0 aliphatic carbocycles. The Morgan fingerprint density at radius 3 is 2.44 bits per heavy atom. The number of hydrogen-bond acceptors (Lipinski definition) is 1. The quantitative estimate of drug-likeness (QED) is 0.638. The molecule has 1 atom stereocenters. The van der Waals surface area contributed by atoms with Crippen molar-refractivity contribution in [2.24, 2.45) is 5.92 Å². The van der Waals surface area contributed by atoms with E-state index in [2.05, 4.69) is 45.9 Å². The summed E-state index contributed by atoms with van der Waals surface area (Å²) in [5.74, 6) is 0.637. The minimum absolute atomic E-state index is 0.149. The molecule has 1 unspecified atom stereocenters. The van der Waals surface area contributed by atoms with Gasteiger partial charge in [0.05, 0.1) is 6.61 Å². The Bertz CT molecular complexity index is 255. The fourth-order valence-electron chi connectivity index (χ4n) is 1.46. The van der Waals surface area contributed by atoms with Gasteiger partial charge >= 0.3 is 0 Å². The van der Waals surface area contributed by atoms with Crippen molar-refractivity contribution < 1.29 is 5.11 Å². The molecular weight excluding hydrogens is 196 g/mol. The van der Waals surface area contributed by atoms with Gasteiger partial charge in [-0.1, -0.05) is 42.4 Å². The highest BCUT2D eigenvalue weighted by Gasteiger charge is 1.94. The maximum Gasteiger partial charge on any atom is 0.0615 e. The lowest BCUT2D eigenvalue weighted by Crippen LogP contribution is -1.88. The molecule has 0 radical (unpaired) electrons. The molecule has 1 nitrogen and oxygen atoms in total. The van der Waals surface area contributed by atoms with Crippen LogP contribution in [0.5, 0.6) is 0 Å². The Kier molecular flexibility index (Phi) is 8.93. The second kappa shape index (κ2) is 9.41. The van der Waals surface area contributed by atoms with Crippen LogP contribution < -0.4 is 0 Å². The molecule has 0 saturated carbocycles. The van der Waals surface area contributed by atoms with Crippen molar-refractivity contribution in [1.29, 1.82) is 0 Å². The van der Waals surface area contributed by atoms with Crippen LogP contribution in [0.25, 0.3) is 0 Å². The minimum atomic E-state index is 0.149. The molecule has 1 N–H and O–H groups in total. The number of aliphatic hydroxyl groups excluding tert-OH is 1. The summed E-state index contributed by atoms with van der Waals surface area (Å²) in [7, 11) is 0. The Balaban J connectivity index is 3.78. The van der Waals surface area contributed by atoms with Gasteiger partial charge in [-0.2, -0.15) is 0 Å². The van der Waals surface area contributed by atoms with E-state index >= 15 is 0 Å². The number of rotatable bonds is 7. The van der Waals surface area contributed by atoms with E-state index in [-0.39, 0.29) is 6.61 Å². The summed E-state index contributed by atoms with van der Waals surface area (Å²) in [6.07, 6.45) is 12.0. The second-order valence-corrected chi connectivity index (χ2v) is 4.70. The predicted molar refractivity (Wildman–Crippen MR) is 72.4 cm³/mol. The van der Waals surface area contributed by atoms with E-state index < -0.39 is 0 Å². The topological polar surface area (TPSA) is 20.2 Å². The molecule has 0 saturated heterocycles. The van der Waals surface area contributed by atoms with E-state index in [1.807, 2.05) is 6.08 Å². The summed E-state index contributed by atoms with van der Waals surface area (Å²) in [4.78, 5) is 0. The molecule has 0 aliphatic heterocycles. The molecule has 0 heterocycles. The molecule has 1 heteroatoms. The van der Waals surface area contributed by atoms with Gasteiger partial charge in [-0.25, -0.2) is 0 Å². The SMILES string of the molecule is CC(C)=CCCC(C)C=CCC(C)=CCO. The number of allylic oxidation sites excluding steroid dienone is 5. The predicted octanol–water partition coefficient (Wildman–Crippen LogP) is 4.25. The van der Waals surface area contributed by atoms with Crippen LogP contribution in [0.1, 0.15) is 47.0 Å². The minimum Gasteiger partial charge on any atom is -0.392 e.